The topological polar surface area (TPSA) is 95.3 Å². The van der Waals surface area contributed by atoms with E-state index in [4.69, 9.17) is 0 Å². The quantitative estimate of drug-likeness (QED) is 0.589. The van der Waals surface area contributed by atoms with Crippen molar-refractivity contribution in [1.82, 2.24) is 34.5 Å². The van der Waals surface area contributed by atoms with E-state index in [1.807, 2.05) is 30.1 Å². The fourth-order valence-electron chi connectivity index (χ4n) is 5.42. The second-order valence-corrected chi connectivity index (χ2v) is 9.83. The van der Waals surface area contributed by atoms with Gasteiger partial charge in [0, 0.05) is 61.5 Å². The van der Waals surface area contributed by atoms with Crippen LogP contribution in [0.5, 0.6) is 0 Å². The van der Waals surface area contributed by atoms with E-state index in [-0.39, 0.29) is 17.5 Å². The molecule has 2 aliphatic heterocycles. The fourth-order valence-corrected chi connectivity index (χ4v) is 5.42. The molecule has 0 bridgehead atoms. The minimum absolute atomic E-state index is 0.151. The van der Waals surface area contributed by atoms with Crippen LogP contribution in [0.25, 0.3) is 22.3 Å². The smallest absolute Gasteiger partial charge is 0.279 e. The van der Waals surface area contributed by atoms with Gasteiger partial charge in [0.25, 0.3) is 6.43 Å². The number of halogens is 2. The van der Waals surface area contributed by atoms with Crippen LogP contribution >= 0.6 is 0 Å². The molecule has 2 atom stereocenters. The highest BCUT2D eigenvalue weighted by atomic mass is 19.3. The van der Waals surface area contributed by atoms with Crippen LogP contribution in [0.2, 0.25) is 0 Å². The third-order valence-electron chi connectivity index (χ3n) is 7.67. The van der Waals surface area contributed by atoms with Gasteiger partial charge in [0.05, 0.1) is 17.9 Å². The Balaban J connectivity index is 1.03. The monoisotopic (exact) mass is 494 g/mol. The summed E-state index contributed by atoms with van der Waals surface area (Å²) in [6.07, 6.45) is 9.68. The van der Waals surface area contributed by atoms with Crippen molar-refractivity contribution in [3.8, 4) is 11.3 Å². The number of aromatic nitrogens is 5. The van der Waals surface area contributed by atoms with Crippen molar-refractivity contribution in [2.75, 3.05) is 26.2 Å². The molecule has 3 aromatic rings. The molecule has 5 heterocycles. The Labute approximate surface area is 206 Å². The number of nitrogens with zero attached hydrogens (tertiary/aromatic N) is 7. The number of hydrogen-bond acceptors (Lipinski definition) is 6. The van der Waals surface area contributed by atoms with Crippen LogP contribution in [0.15, 0.2) is 48.1 Å². The third-order valence-corrected chi connectivity index (χ3v) is 7.67. The van der Waals surface area contributed by atoms with Crippen molar-refractivity contribution < 1.29 is 13.6 Å². The number of alkyl halides is 2. The Morgan fingerprint density at radius 2 is 1.94 bits per heavy atom. The van der Waals surface area contributed by atoms with Gasteiger partial charge < -0.3 is 9.88 Å². The van der Waals surface area contributed by atoms with Crippen molar-refractivity contribution >= 4 is 22.7 Å². The molecule has 1 saturated carbocycles. The maximum Gasteiger partial charge on any atom is 0.279 e. The molecule has 36 heavy (non-hydrogen) atoms. The van der Waals surface area contributed by atoms with E-state index in [9.17, 15) is 13.6 Å². The van der Waals surface area contributed by atoms with Crippen LogP contribution < -0.4 is 0 Å². The summed E-state index contributed by atoms with van der Waals surface area (Å²) in [5.74, 6) is -0.332. The van der Waals surface area contributed by atoms with Gasteiger partial charge in [-0.2, -0.15) is 5.10 Å². The predicted molar refractivity (Wildman–Crippen MR) is 131 cm³/mol. The fraction of sp³-hybridized carbons (Fsp3) is 0.480. The van der Waals surface area contributed by atoms with Crippen molar-refractivity contribution in [3.05, 3.63) is 43.1 Å². The standard InChI is InChI=1S/C25H28F2N8O/c1-15-2-3-20(23(26)27)32-21(15)25(36)34-8-6-33(7-9-34)17-10-18(11-17)35-13-16(12-31-35)22-19-4-5-28-24(19)30-14-29-22/h2-5,12-15,17-18,21,23H,6-11H2,1H3,(H,28,29,30). The van der Waals surface area contributed by atoms with E-state index in [0.29, 0.717) is 25.2 Å². The lowest BCUT2D eigenvalue weighted by atomic mass is 9.85. The number of aromatic amines is 1. The number of allylic oxidation sites excluding steroid dienone is 1. The second-order valence-electron chi connectivity index (χ2n) is 9.83. The lowest BCUT2D eigenvalue weighted by Gasteiger charge is -2.46. The summed E-state index contributed by atoms with van der Waals surface area (Å²) in [6, 6.07) is 2.01. The Morgan fingerprint density at radius 1 is 1.14 bits per heavy atom. The van der Waals surface area contributed by atoms with Gasteiger partial charge in [0.2, 0.25) is 5.91 Å². The Morgan fingerprint density at radius 3 is 2.72 bits per heavy atom. The lowest BCUT2D eigenvalue weighted by molar-refractivity contribution is -0.135. The maximum absolute atomic E-state index is 13.1. The lowest BCUT2D eigenvalue weighted by Crippen LogP contribution is -2.57. The normalized spacial score (nSPS) is 26.9. The number of piperazine rings is 1. The largest absolute Gasteiger partial charge is 0.346 e. The average Bonchev–Trinajstić information content (AvgIpc) is 3.53. The molecular formula is C25H28F2N8O. The zero-order valence-electron chi connectivity index (χ0n) is 20.0. The number of amides is 1. The Kier molecular flexibility index (Phi) is 5.87. The SMILES string of the molecule is CC1C=CC(C(F)F)=NC1C(=O)N1CCN(C2CC(n3cc(-c4ncnc5[nH]ccc45)cn3)C2)CC1. The molecular weight excluding hydrogens is 466 g/mol. The maximum atomic E-state index is 13.1. The summed E-state index contributed by atoms with van der Waals surface area (Å²) in [7, 11) is 0. The highest BCUT2D eigenvalue weighted by Gasteiger charge is 2.38. The molecule has 3 aromatic heterocycles. The molecule has 2 unspecified atom stereocenters. The van der Waals surface area contributed by atoms with Gasteiger partial charge >= 0.3 is 0 Å². The Hall–Kier alpha value is -3.47. The van der Waals surface area contributed by atoms with Crippen LogP contribution in [-0.4, -0.2) is 90.8 Å². The van der Waals surface area contributed by atoms with E-state index in [2.05, 4.69) is 36.1 Å². The molecule has 0 radical (unpaired) electrons. The van der Waals surface area contributed by atoms with Gasteiger partial charge in [-0.3, -0.25) is 19.4 Å². The number of hydrogen-bond donors (Lipinski definition) is 1. The summed E-state index contributed by atoms with van der Waals surface area (Å²) >= 11 is 0. The molecule has 11 heteroatoms. The van der Waals surface area contributed by atoms with Crippen LogP contribution in [0.4, 0.5) is 8.78 Å². The first kappa shape index (κ1) is 23.0. The summed E-state index contributed by atoms with van der Waals surface area (Å²) in [4.78, 5) is 33.1. The van der Waals surface area contributed by atoms with E-state index in [1.54, 1.807) is 17.3 Å². The van der Waals surface area contributed by atoms with E-state index in [1.165, 1.54) is 6.08 Å². The first-order chi connectivity index (χ1) is 17.5. The minimum atomic E-state index is -2.66. The van der Waals surface area contributed by atoms with E-state index >= 15 is 0 Å². The molecule has 1 N–H and O–H groups in total. The van der Waals surface area contributed by atoms with Gasteiger partial charge in [-0.05, 0) is 25.0 Å². The van der Waals surface area contributed by atoms with E-state index < -0.39 is 12.5 Å². The molecule has 1 amide bonds. The van der Waals surface area contributed by atoms with Gasteiger partial charge in [0.1, 0.15) is 23.7 Å². The Bertz CT molecular complexity index is 1320. The van der Waals surface area contributed by atoms with Crippen molar-refractivity contribution in [2.24, 2.45) is 10.9 Å². The van der Waals surface area contributed by atoms with Gasteiger partial charge in [-0.15, -0.1) is 0 Å². The molecule has 9 nitrogen and oxygen atoms in total. The summed E-state index contributed by atoms with van der Waals surface area (Å²) in [6.45, 7) is 4.60. The van der Waals surface area contributed by atoms with Crippen LogP contribution in [0, 0.1) is 5.92 Å². The zero-order chi connectivity index (χ0) is 24.8. The highest BCUT2D eigenvalue weighted by Crippen LogP contribution is 2.37. The number of nitrogens with one attached hydrogen (secondary N) is 1. The number of H-pyrrole nitrogens is 1. The number of carbonyl (C=O) groups excluding carboxylic acids is 1. The highest BCUT2D eigenvalue weighted by molar-refractivity contribution is 6.00. The average molecular weight is 495 g/mol. The van der Waals surface area contributed by atoms with Crippen molar-refractivity contribution in [1.29, 1.82) is 0 Å². The molecule has 0 aromatic carbocycles. The molecule has 6 rings (SSSR count). The second kappa shape index (κ2) is 9.20. The van der Waals surface area contributed by atoms with Crippen molar-refractivity contribution in [2.45, 2.75) is 44.3 Å². The van der Waals surface area contributed by atoms with Crippen LogP contribution in [0.1, 0.15) is 25.8 Å². The minimum Gasteiger partial charge on any atom is -0.346 e. The van der Waals surface area contributed by atoms with E-state index in [0.717, 1.165) is 48.2 Å². The van der Waals surface area contributed by atoms with Crippen LogP contribution in [-0.2, 0) is 4.79 Å². The predicted octanol–water partition coefficient (Wildman–Crippen LogP) is 2.95. The van der Waals surface area contributed by atoms with Crippen LogP contribution in [0.3, 0.4) is 0 Å². The molecule has 2 fully saturated rings. The summed E-state index contributed by atoms with van der Waals surface area (Å²) in [5, 5.41) is 5.58. The van der Waals surface area contributed by atoms with Gasteiger partial charge in [0.15, 0.2) is 0 Å². The van der Waals surface area contributed by atoms with Gasteiger partial charge in [-0.1, -0.05) is 13.0 Å². The zero-order valence-corrected chi connectivity index (χ0v) is 20.0. The van der Waals surface area contributed by atoms with Gasteiger partial charge in [-0.25, -0.2) is 18.7 Å². The number of carbonyl (C=O) groups is 1. The number of dihydropyridines is 1. The van der Waals surface area contributed by atoms with Crippen molar-refractivity contribution in [3.63, 3.8) is 0 Å². The first-order valence-electron chi connectivity index (χ1n) is 12.4. The number of aliphatic imine (C=N–C) groups is 1. The molecule has 188 valence electrons. The molecule has 1 aliphatic carbocycles. The number of rotatable bonds is 5. The molecule has 3 aliphatic rings. The summed E-state index contributed by atoms with van der Waals surface area (Å²) in [5.41, 5.74) is 2.35. The summed E-state index contributed by atoms with van der Waals surface area (Å²) < 4.78 is 28.2. The number of fused-ring (bicyclic) bond motifs is 1. The first-order valence-corrected chi connectivity index (χ1v) is 12.4. The third kappa shape index (κ3) is 4.11. The molecule has 1 saturated heterocycles. The molecule has 0 spiro atoms.